The van der Waals surface area contributed by atoms with Crippen LogP contribution < -0.4 is 4.74 Å². The molecule has 3 rings (SSSR count). The number of rotatable bonds is 3. The van der Waals surface area contributed by atoms with E-state index in [9.17, 15) is 14.9 Å². The summed E-state index contributed by atoms with van der Waals surface area (Å²) in [6.45, 7) is 6.43. The van der Waals surface area contributed by atoms with Crippen molar-refractivity contribution in [3.8, 4) is 6.08 Å². The van der Waals surface area contributed by atoms with E-state index in [-0.39, 0.29) is 24.0 Å². The number of carbonyl (C=O) groups excluding carboxylic acids is 1. The minimum absolute atomic E-state index is 0.0385. The Balaban J connectivity index is 1.67. The molecule has 1 saturated heterocycles. The highest BCUT2D eigenvalue weighted by molar-refractivity contribution is 5.76. The first-order valence-electron chi connectivity index (χ1n) is 8.41. The molecule has 0 aliphatic carbocycles. The van der Waals surface area contributed by atoms with E-state index >= 15 is 0 Å². The number of ether oxygens (including phenoxy) is 2. The summed E-state index contributed by atoms with van der Waals surface area (Å²) < 4.78 is 16.6. The molecule has 2 aromatic rings. The van der Waals surface area contributed by atoms with Crippen LogP contribution in [0, 0.1) is 10.1 Å². The number of hydrogen-bond donors (Lipinski definition) is 0. The van der Waals surface area contributed by atoms with Crippen molar-refractivity contribution in [2.45, 2.75) is 45.3 Å². The summed E-state index contributed by atoms with van der Waals surface area (Å²) in [6, 6.07) is 4.17. The van der Waals surface area contributed by atoms with Gasteiger partial charge in [0.2, 0.25) is 0 Å². The molecule has 1 aromatic carbocycles. The minimum atomic E-state index is -0.556. The van der Waals surface area contributed by atoms with Crippen LogP contribution in [0.2, 0.25) is 0 Å². The lowest BCUT2D eigenvalue weighted by atomic mass is 10.1. The fourth-order valence-electron chi connectivity index (χ4n) is 2.73. The predicted octanol–water partition coefficient (Wildman–Crippen LogP) is 3.51. The number of oxazole rings is 1. The van der Waals surface area contributed by atoms with Crippen LogP contribution >= 0.6 is 0 Å². The third-order valence-electron chi connectivity index (χ3n) is 3.86. The normalized spacial score (nSPS) is 18.0. The average molecular weight is 363 g/mol. The van der Waals surface area contributed by atoms with Crippen LogP contribution in [0.3, 0.4) is 0 Å². The molecule has 0 bridgehead atoms. The fourth-order valence-corrected chi connectivity index (χ4v) is 2.73. The second-order valence-electron chi connectivity index (χ2n) is 7.20. The smallest absolute Gasteiger partial charge is 0.410 e. The van der Waals surface area contributed by atoms with E-state index in [1.807, 2.05) is 20.8 Å². The first-order chi connectivity index (χ1) is 12.2. The molecule has 26 heavy (non-hydrogen) atoms. The summed E-state index contributed by atoms with van der Waals surface area (Å²) in [6.07, 6.45) is 0.906. The predicted molar refractivity (Wildman–Crippen MR) is 92.1 cm³/mol. The molecule has 0 N–H and O–H groups in total. The fraction of sp³-hybridized carbons (Fsp3) is 0.529. The number of amides is 1. The second kappa shape index (κ2) is 6.81. The van der Waals surface area contributed by atoms with Gasteiger partial charge in [0.15, 0.2) is 5.58 Å². The van der Waals surface area contributed by atoms with Crippen molar-refractivity contribution < 1.29 is 23.6 Å². The van der Waals surface area contributed by atoms with Crippen molar-refractivity contribution in [3.63, 3.8) is 0 Å². The van der Waals surface area contributed by atoms with E-state index < -0.39 is 10.5 Å². The molecule has 0 spiro atoms. The zero-order valence-electron chi connectivity index (χ0n) is 14.9. The Morgan fingerprint density at radius 3 is 2.88 bits per heavy atom. The summed E-state index contributed by atoms with van der Waals surface area (Å²) >= 11 is 0. The molecule has 1 amide bonds. The number of aromatic nitrogens is 1. The summed E-state index contributed by atoms with van der Waals surface area (Å²) in [7, 11) is 0. The largest absolute Gasteiger partial charge is 0.445 e. The molecule has 140 valence electrons. The maximum Gasteiger partial charge on any atom is 0.410 e. The first kappa shape index (κ1) is 18.0. The number of likely N-dealkylation sites (tertiary alicyclic amines) is 1. The van der Waals surface area contributed by atoms with Gasteiger partial charge in [-0.05, 0) is 39.7 Å². The van der Waals surface area contributed by atoms with Crippen molar-refractivity contribution in [1.29, 1.82) is 0 Å². The Bertz CT molecular complexity index is 826. The van der Waals surface area contributed by atoms with Crippen LogP contribution in [-0.4, -0.2) is 45.7 Å². The Kier molecular flexibility index (Phi) is 4.71. The van der Waals surface area contributed by atoms with Gasteiger partial charge in [-0.25, -0.2) is 4.79 Å². The van der Waals surface area contributed by atoms with Gasteiger partial charge in [-0.3, -0.25) is 10.1 Å². The maximum atomic E-state index is 12.2. The Morgan fingerprint density at radius 1 is 1.42 bits per heavy atom. The van der Waals surface area contributed by atoms with E-state index in [2.05, 4.69) is 4.98 Å². The molecule has 9 nitrogen and oxygen atoms in total. The SMILES string of the molecule is CC(C)(C)OC(=O)N1CCC[C@H](Oc2nc3cc([N+](=O)[O-])ccc3o2)C1. The highest BCUT2D eigenvalue weighted by Crippen LogP contribution is 2.26. The molecule has 0 unspecified atom stereocenters. The average Bonchev–Trinajstić information content (AvgIpc) is 2.94. The first-order valence-corrected chi connectivity index (χ1v) is 8.41. The Morgan fingerprint density at radius 2 is 2.19 bits per heavy atom. The van der Waals surface area contributed by atoms with Crippen molar-refractivity contribution in [3.05, 3.63) is 28.3 Å². The Hall–Kier alpha value is -2.84. The lowest BCUT2D eigenvalue weighted by molar-refractivity contribution is -0.384. The monoisotopic (exact) mass is 363 g/mol. The van der Waals surface area contributed by atoms with Gasteiger partial charge in [-0.1, -0.05) is 0 Å². The molecular weight excluding hydrogens is 342 g/mol. The number of piperidine rings is 1. The van der Waals surface area contributed by atoms with Crippen LogP contribution in [-0.2, 0) is 4.74 Å². The van der Waals surface area contributed by atoms with E-state index in [0.29, 0.717) is 24.2 Å². The number of nitro groups is 1. The molecule has 2 heterocycles. The van der Waals surface area contributed by atoms with Gasteiger partial charge in [0, 0.05) is 18.7 Å². The second-order valence-corrected chi connectivity index (χ2v) is 7.20. The van der Waals surface area contributed by atoms with Crippen LogP contribution in [0.25, 0.3) is 11.1 Å². The van der Waals surface area contributed by atoms with E-state index in [0.717, 1.165) is 12.8 Å². The third kappa shape index (κ3) is 4.22. The summed E-state index contributed by atoms with van der Waals surface area (Å²) in [5, 5.41) is 10.8. The number of non-ortho nitro benzene ring substituents is 1. The van der Waals surface area contributed by atoms with Gasteiger partial charge < -0.3 is 18.8 Å². The number of fused-ring (bicyclic) bond motifs is 1. The highest BCUT2D eigenvalue weighted by atomic mass is 16.6. The number of nitro benzene ring substituents is 1. The maximum absolute atomic E-state index is 12.2. The number of nitrogens with zero attached hydrogens (tertiary/aromatic N) is 3. The van der Waals surface area contributed by atoms with Crippen molar-refractivity contribution in [2.75, 3.05) is 13.1 Å². The van der Waals surface area contributed by atoms with Crippen molar-refractivity contribution in [1.82, 2.24) is 9.88 Å². The number of benzene rings is 1. The molecule has 1 aliphatic heterocycles. The van der Waals surface area contributed by atoms with Crippen LogP contribution in [0.4, 0.5) is 10.5 Å². The van der Waals surface area contributed by atoms with Gasteiger partial charge in [-0.15, -0.1) is 0 Å². The van der Waals surface area contributed by atoms with Gasteiger partial charge in [0.25, 0.3) is 5.69 Å². The lowest BCUT2D eigenvalue weighted by Crippen LogP contribution is -2.46. The molecule has 1 atom stereocenters. The summed E-state index contributed by atoms with van der Waals surface area (Å²) in [4.78, 5) is 28.3. The van der Waals surface area contributed by atoms with E-state index in [1.54, 1.807) is 4.90 Å². The van der Waals surface area contributed by atoms with E-state index in [1.165, 1.54) is 18.2 Å². The highest BCUT2D eigenvalue weighted by Gasteiger charge is 2.29. The quantitative estimate of drug-likeness (QED) is 0.606. The van der Waals surface area contributed by atoms with Crippen LogP contribution in [0.5, 0.6) is 6.08 Å². The lowest BCUT2D eigenvalue weighted by Gasteiger charge is -2.33. The van der Waals surface area contributed by atoms with Crippen molar-refractivity contribution in [2.24, 2.45) is 0 Å². The topological polar surface area (TPSA) is 108 Å². The third-order valence-corrected chi connectivity index (χ3v) is 3.86. The standard InChI is InChI=1S/C17H21N3O6/c1-17(2,3)26-16(21)19-8-4-5-12(10-19)24-15-18-13-9-11(20(22)23)6-7-14(13)25-15/h6-7,9,12H,4-5,8,10H2,1-3H3/t12-/m0/s1. The summed E-state index contributed by atoms with van der Waals surface area (Å²) in [5.74, 6) is 0. The van der Waals surface area contributed by atoms with E-state index in [4.69, 9.17) is 13.9 Å². The molecule has 0 radical (unpaired) electrons. The summed E-state index contributed by atoms with van der Waals surface area (Å²) in [5.41, 5.74) is 0.144. The molecule has 0 saturated carbocycles. The van der Waals surface area contributed by atoms with Crippen molar-refractivity contribution >= 4 is 22.9 Å². The zero-order chi connectivity index (χ0) is 18.9. The molecular formula is C17H21N3O6. The van der Waals surface area contributed by atoms with Gasteiger partial charge in [0.05, 0.1) is 11.5 Å². The number of carbonyl (C=O) groups is 1. The van der Waals surface area contributed by atoms with Gasteiger partial charge in [0.1, 0.15) is 17.2 Å². The molecule has 1 aliphatic rings. The molecule has 1 fully saturated rings. The van der Waals surface area contributed by atoms with Crippen LogP contribution in [0.15, 0.2) is 22.6 Å². The Labute approximate surface area is 150 Å². The zero-order valence-corrected chi connectivity index (χ0v) is 14.9. The van der Waals surface area contributed by atoms with Gasteiger partial charge >= 0.3 is 12.2 Å². The van der Waals surface area contributed by atoms with Crippen LogP contribution in [0.1, 0.15) is 33.6 Å². The minimum Gasteiger partial charge on any atom is -0.445 e. The molecule has 9 heteroatoms. The van der Waals surface area contributed by atoms with Gasteiger partial charge in [-0.2, -0.15) is 4.98 Å². The molecule has 1 aromatic heterocycles. The number of hydrogen-bond acceptors (Lipinski definition) is 7.